The molecular formula is C14H16N2O. The van der Waals surface area contributed by atoms with Crippen molar-refractivity contribution in [2.75, 3.05) is 6.61 Å². The highest BCUT2D eigenvalue weighted by atomic mass is 16.5. The molecular weight excluding hydrogens is 212 g/mol. The molecule has 88 valence electrons. The fourth-order valence-corrected chi connectivity index (χ4v) is 0.920. The van der Waals surface area contributed by atoms with Crippen molar-refractivity contribution in [1.29, 1.82) is 0 Å². The second-order valence-corrected chi connectivity index (χ2v) is 4.46. The molecule has 0 amide bonds. The molecule has 0 bridgehead atoms. The lowest BCUT2D eigenvalue weighted by Gasteiger charge is -2.06. The molecule has 0 spiro atoms. The molecule has 1 rings (SSSR count). The first kappa shape index (κ1) is 13.1. The largest absolute Gasteiger partial charge is 0.464 e. The number of nitrogens with zero attached hydrogens (tertiary/aromatic N) is 2. The number of hydrogen-bond donors (Lipinski definition) is 0. The van der Waals surface area contributed by atoms with Crippen LogP contribution < -0.4 is 4.74 Å². The van der Waals surface area contributed by atoms with Crippen LogP contribution in [0.4, 0.5) is 0 Å². The maximum absolute atomic E-state index is 5.33. The molecule has 0 saturated carbocycles. The van der Waals surface area contributed by atoms with E-state index in [2.05, 4.69) is 54.4 Å². The maximum Gasteiger partial charge on any atom is 0.218 e. The highest BCUT2D eigenvalue weighted by Gasteiger charge is 2.04. The molecule has 17 heavy (non-hydrogen) atoms. The predicted octanol–water partition coefficient (Wildman–Crippen LogP) is 2.28. The minimum Gasteiger partial charge on any atom is -0.464 e. The summed E-state index contributed by atoms with van der Waals surface area (Å²) in [6, 6.07) is 1.72. The van der Waals surface area contributed by atoms with Crippen molar-refractivity contribution in [3.05, 3.63) is 18.1 Å². The first-order valence-electron chi connectivity index (χ1n) is 5.39. The standard InChI is InChI=1S/C14H16N2O/c1-5-6-9-17-13-10-12(15-11-16-13)7-8-14(2,3)4/h10-11H,9H2,1-4H3. The van der Waals surface area contributed by atoms with Crippen molar-refractivity contribution in [3.63, 3.8) is 0 Å². The van der Waals surface area contributed by atoms with Crippen molar-refractivity contribution in [2.45, 2.75) is 27.7 Å². The van der Waals surface area contributed by atoms with E-state index in [1.165, 1.54) is 6.33 Å². The lowest BCUT2D eigenvalue weighted by atomic mass is 9.98. The molecule has 0 N–H and O–H groups in total. The number of rotatable bonds is 2. The van der Waals surface area contributed by atoms with Crippen molar-refractivity contribution in [1.82, 2.24) is 9.97 Å². The highest BCUT2D eigenvalue weighted by molar-refractivity contribution is 5.31. The fraction of sp³-hybridized carbons (Fsp3) is 0.429. The molecule has 0 aliphatic rings. The van der Waals surface area contributed by atoms with E-state index in [-0.39, 0.29) is 5.41 Å². The topological polar surface area (TPSA) is 35.0 Å². The molecule has 0 aliphatic carbocycles. The Labute approximate surface area is 103 Å². The summed E-state index contributed by atoms with van der Waals surface area (Å²) in [6.45, 7) is 8.25. The Morgan fingerprint density at radius 2 is 2.06 bits per heavy atom. The summed E-state index contributed by atoms with van der Waals surface area (Å²) >= 11 is 0. The molecule has 1 aromatic rings. The first-order valence-corrected chi connectivity index (χ1v) is 5.39. The Kier molecular flexibility index (Phi) is 4.55. The van der Waals surface area contributed by atoms with Gasteiger partial charge < -0.3 is 4.74 Å². The fourth-order valence-electron chi connectivity index (χ4n) is 0.920. The van der Waals surface area contributed by atoms with Crippen LogP contribution in [0.3, 0.4) is 0 Å². The van der Waals surface area contributed by atoms with Crippen LogP contribution in [-0.2, 0) is 0 Å². The molecule has 0 aliphatic heterocycles. The van der Waals surface area contributed by atoms with E-state index >= 15 is 0 Å². The van der Waals surface area contributed by atoms with Crippen LogP contribution in [0.5, 0.6) is 5.88 Å². The second kappa shape index (κ2) is 5.92. The van der Waals surface area contributed by atoms with Gasteiger partial charge in [-0.15, -0.1) is 5.92 Å². The Morgan fingerprint density at radius 1 is 1.29 bits per heavy atom. The highest BCUT2D eigenvalue weighted by Crippen LogP contribution is 2.11. The lowest BCUT2D eigenvalue weighted by molar-refractivity contribution is 0.354. The Balaban J connectivity index is 2.77. The van der Waals surface area contributed by atoms with Crippen LogP contribution in [0.2, 0.25) is 0 Å². The van der Waals surface area contributed by atoms with E-state index < -0.39 is 0 Å². The molecule has 0 unspecified atom stereocenters. The molecule has 0 radical (unpaired) electrons. The summed E-state index contributed by atoms with van der Waals surface area (Å²) in [7, 11) is 0. The average molecular weight is 228 g/mol. The van der Waals surface area contributed by atoms with Gasteiger partial charge in [-0.3, -0.25) is 0 Å². The van der Waals surface area contributed by atoms with Gasteiger partial charge in [0.25, 0.3) is 0 Å². The Bertz CT molecular complexity index is 493. The van der Waals surface area contributed by atoms with Gasteiger partial charge in [0.1, 0.15) is 12.0 Å². The zero-order valence-electron chi connectivity index (χ0n) is 10.7. The molecule has 1 aromatic heterocycles. The van der Waals surface area contributed by atoms with Gasteiger partial charge >= 0.3 is 0 Å². The third-order valence-corrected chi connectivity index (χ3v) is 1.68. The van der Waals surface area contributed by atoms with Crippen LogP contribution in [0.15, 0.2) is 12.4 Å². The number of ether oxygens (including phenoxy) is 1. The molecule has 0 fully saturated rings. The van der Waals surface area contributed by atoms with Crippen LogP contribution >= 0.6 is 0 Å². The third-order valence-electron chi connectivity index (χ3n) is 1.68. The zero-order valence-corrected chi connectivity index (χ0v) is 10.7. The van der Waals surface area contributed by atoms with Gasteiger partial charge in [0, 0.05) is 11.5 Å². The van der Waals surface area contributed by atoms with Crippen molar-refractivity contribution in [3.8, 4) is 29.6 Å². The summed E-state index contributed by atoms with van der Waals surface area (Å²) in [6.07, 6.45) is 1.45. The lowest BCUT2D eigenvalue weighted by Crippen LogP contribution is -2.00. The summed E-state index contributed by atoms with van der Waals surface area (Å²) in [5.41, 5.74) is 0.619. The zero-order chi connectivity index (χ0) is 12.7. The first-order chi connectivity index (χ1) is 8.01. The summed E-state index contributed by atoms with van der Waals surface area (Å²) in [4.78, 5) is 8.06. The summed E-state index contributed by atoms with van der Waals surface area (Å²) < 4.78 is 5.33. The van der Waals surface area contributed by atoms with Crippen LogP contribution in [-0.4, -0.2) is 16.6 Å². The normalized spacial score (nSPS) is 9.65. The van der Waals surface area contributed by atoms with Gasteiger partial charge in [0.05, 0.1) is 0 Å². The summed E-state index contributed by atoms with van der Waals surface area (Å²) in [5.74, 6) is 12.2. The summed E-state index contributed by atoms with van der Waals surface area (Å²) in [5, 5.41) is 0. The van der Waals surface area contributed by atoms with E-state index in [1.807, 2.05) is 0 Å². The van der Waals surface area contributed by atoms with E-state index in [4.69, 9.17) is 4.74 Å². The van der Waals surface area contributed by atoms with Gasteiger partial charge in [0.2, 0.25) is 5.88 Å². The quantitative estimate of drug-likeness (QED) is 0.728. The Hall–Kier alpha value is -2.00. The van der Waals surface area contributed by atoms with Crippen molar-refractivity contribution in [2.24, 2.45) is 5.41 Å². The van der Waals surface area contributed by atoms with Gasteiger partial charge in [0.15, 0.2) is 6.61 Å². The number of hydrogen-bond acceptors (Lipinski definition) is 3. The smallest absolute Gasteiger partial charge is 0.218 e. The predicted molar refractivity (Wildman–Crippen MR) is 67.3 cm³/mol. The van der Waals surface area contributed by atoms with E-state index in [9.17, 15) is 0 Å². The molecule has 3 heteroatoms. The average Bonchev–Trinajstić information content (AvgIpc) is 2.27. The van der Waals surface area contributed by atoms with Gasteiger partial charge in [-0.1, -0.05) is 11.8 Å². The number of aromatic nitrogens is 2. The SMILES string of the molecule is CC#CCOc1cc(C#CC(C)(C)C)ncn1. The molecule has 0 aromatic carbocycles. The molecule has 3 nitrogen and oxygen atoms in total. The monoisotopic (exact) mass is 228 g/mol. The van der Waals surface area contributed by atoms with E-state index in [0.717, 1.165) is 0 Å². The van der Waals surface area contributed by atoms with Crippen LogP contribution in [0.25, 0.3) is 0 Å². The maximum atomic E-state index is 5.33. The van der Waals surface area contributed by atoms with Crippen LogP contribution in [0, 0.1) is 29.1 Å². The van der Waals surface area contributed by atoms with Crippen molar-refractivity contribution >= 4 is 0 Å². The minimum absolute atomic E-state index is 0.0420. The Morgan fingerprint density at radius 3 is 2.71 bits per heavy atom. The van der Waals surface area contributed by atoms with Gasteiger partial charge in [-0.2, -0.15) is 0 Å². The minimum atomic E-state index is -0.0420. The molecule has 1 heterocycles. The second-order valence-electron chi connectivity index (χ2n) is 4.46. The van der Waals surface area contributed by atoms with Gasteiger partial charge in [-0.25, -0.2) is 9.97 Å². The van der Waals surface area contributed by atoms with Gasteiger partial charge in [-0.05, 0) is 33.6 Å². The van der Waals surface area contributed by atoms with Crippen molar-refractivity contribution < 1.29 is 4.74 Å². The molecule has 0 saturated heterocycles. The van der Waals surface area contributed by atoms with E-state index in [1.54, 1.807) is 13.0 Å². The third kappa shape index (κ3) is 5.58. The van der Waals surface area contributed by atoms with Crippen LogP contribution in [0.1, 0.15) is 33.4 Å². The van der Waals surface area contributed by atoms with E-state index in [0.29, 0.717) is 18.2 Å². The molecule has 0 atom stereocenters.